The van der Waals surface area contributed by atoms with Crippen LogP contribution in [0.25, 0.3) is 0 Å². The Balaban J connectivity index is 2.23. The van der Waals surface area contributed by atoms with Gasteiger partial charge in [0.1, 0.15) is 0 Å². The van der Waals surface area contributed by atoms with Crippen molar-refractivity contribution < 1.29 is 0 Å². The third-order valence-electron chi connectivity index (χ3n) is 3.33. The van der Waals surface area contributed by atoms with E-state index < -0.39 is 0 Å². The highest BCUT2D eigenvalue weighted by atomic mass is 32.1. The fourth-order valence-corrected chi connectivity index (χ4v) is 3.18. The summed E-state index contributed by atoms with van der Waals surface area (Å²) >= 11 is 1.80. The minimum Gasteiger partial charge on any atom is -0.310 e. The Morgan fingerprint density at radius 2 is 2.05 bits per heavy atom. The van der Waals surface area contributed by atoms with Crippen LogP contribution in [0.15, 0.2) is 18.3 Å². The number of aromatic nitrogens is 2. The van der Waals surface area contributed by atoms with Gasteiger partial charge in [0.05, 0.1) is 10.7 Å². The summed E-state index contributed by atoms with van der Waals surface area (Å²) < 4.78 is 0. The Labute approximate surface area is 119 Å². The van der Waals surface area contributed by atoms with Gasteiger partial charge in [-0.3, -0.25) is 4.98 Å². The van der Waals surface area contributed by atoms with Gasteiger partial charge in [0, 0.05) is 29.2 Å². The molecule has 102 valence electrons. The van der Waals surface area contributed by atoms with Gasteiger partial charge in [-0.25, -0.2) is 4.98 Å². The molecule has 0 saturated carbocycles. The van der Waals surface area contributed by atoms with Crippen LogP contribution in [0.2, 0.25) is 0 Å². The normalized spacial score (nSPS) is 12.6. The highest BCUT2D eigenvalue weighted by Crippen LogP contribution is 2.24. The number of hydrogen-bond donors (Lipinski definition) is 1. The van der Waals surface area contributed by atoms with Crippen LogP contribution in [0.3, 0.4) is 0 Å². The summed E-state index contributed by atoms with van der Waals surface area (Å²) in [5.74, 6) is 0. The molecule has 19 heavy (non-hydrogen) atoms. The molecule has 0 radical (unpaired) electrons. The summed E-state index contributed by atoms with van der Waals surface area (Å²) in [7, 11) is 0. The molecule has 0 aliphatic rings. The molecule has 0 aliphatic carbocycles. The summed E-state index contributed by atoms with van der Waals surface area (Å²) in [6, 6.07) is 4.46. The Hall–Kier alpha value is -1.26. The monoisotopic (exact) mass is 275 g/mol. The predicted molar refractivity (Wildman–Crippen MR) is 80.7 cm³/mol. The number of aryl methyl sites for hydroxylation is 3. The number of nitrogens with zero attached hydrogens (tertiary/aromatic N) is 2. The van der Waals surface area contributed by atoms with Gasteiger partial charge >= 0.3 is 0 Å². The van der Waals surface area contributed by atoms with Crippen molar-refractivity contribution in [2.75, 3.05) is 6.54 Å². The van der Waals surface area contributed by atoms with Crippen LogP contribution in [0, 0.1) is 20.8 Å². The fraction of sp³-hybridized carbons (Fsp3) is 0.467. The van der Waals surface area contributed by atoms with Crippen molar-refractivity contribution in [2.45, 2.75) is 40.2 Å². The van der Waals surface area contributed by atoms with E-state index >= 15 is 0 Å². The first-order valence-electron chi connectivity index (χ1n) is 6.69. The molecule has 0 amide bonds. The SMILES string of the molecule is CCNC(Cc1nc(C)c(C)s1)c1cccnc1C. The van der Waals surface area contributed by atoms with Gasteiger partial charge < -0.3 is 5.32 Å². The molecule has 1 atom stereocenters. The van der Waals surface area contributed by atoms with E-state index in [4.69, 9.17) is 0 Å². The Bertz CT molecular complexity index is 529. The zero-order chi connectivity index (χ0) is 13.8. The number of pyridine rings is 1. The molecular weight excluding hydrogens is 254 g/mol. The summed E-state index contributed by atoms with van der Waals surface area (Å²) in [6.07, 6.45) is 2.78. The maximum atomic E-state index is 4.65. The zero-order valence-corrected chi connectivity index (χ0v) is 12.8. The van der Waals surface area contributed by atoms with Gasteiger partial charge in [0.2, 0.25) is 0 Å². The van der Waals surface area contributed by atoms with Crippen molar-refractivity contribution in [2.24, 2.45) is 0 Å². The van der Waals surface area contributed by atoms with Crippen LogP contribution >= 0.6 is 11.3 Å². The van der Waals surface area contributed by atoms with Crippen LogP contribution < -0.4 is 5.32 Å². The second-order valence-corrected chi connectivity index (χ2v) is 6.03. The van der Waals surface area contributed by atoms with E-state index in [1.165, 1.54) is 15.4 Å². The van der Waals surface area contributed by atoms with Crippen LogP contribution in [0.5, 0.6) is 0 Å². The number of rotatable bonds is 5. The maximum absolute atomic E-state index is 4.65. The van der Waals surface area contributed by atoms with Crippen molar-refractivity contribution >= 4 is 11.3 Å². The van der Waals surface area contributed by atoms with Crippen molar-refractivity contribution in [1.82, 2.24) is 15.3 Å². The van der Waals surface area contributed by atoms with E-state index in [2.05, 4.69) is 49.0 Å². The average Bonchev–Trinajstić information content (AvgIpc) is 2.68. The first-order valence-corrected chi connectivity index (χ1v) is 7.51. The molecule has 0 spiro atoms. The van der Waals surface area contributed by atoms with Gasteiger partial charge in [-0.15, -0.1) is 11.3 Å². The van der Waals surface area contributed by atoms with Gasteiger partial charge in [0.15, 0.2) is 0 Å². The Morgan fingerprint density at radius 1 is 1.26 bits per heavy atom. The quantitative estimate of drug-likeness (QED) is 0.909. The number of hydrogen-bond acceptors (Lipinski definition) is 4. The lowest BCUT2D eigenvalue weighted by molar-refractivity contribution is 0.543. The number of likely N-dealkylation sites (N-methyl/N-ethyl adjacent to an activating group) is 1. The van der Waals surface area contributed by atoms with Crippen molar-refractivity contribution in [3.05, 3.63) is 45.2 Å². The molecule has 2 rings (SSSR count). The Kier molecular flexibility index (Phi) is 4.66. The third-order valence-corrected chi connectivity index (χ3v) is 4.42. The molecule has 0 bridgehead atoms. The molecular formula is C15H21N3S. The smallest absolute Gasteiger partial charge is 0.0949 e. The van der Waals surface area contributed by atoms with Crippen LogP contribution in [-0.4, -0.2) is 16.5 Å². The van der Waals surface area contributed by atoms with Crippen LogP contribution in [0.1, 0.15) is 39.8 Å². The topological polar surface area (TPSA) is 37.8 Å². The average molecular weight is 275 g/mol. The number of thiazole rings is 1. The summed E-state index contributed by atoms with van der Waals surface area (Å²) in [6.45, 7) is 9.36. The molecule has 3 nitrogen and oxygen atoms in total. The molecule has 0 fully saturated rings. The second-order valence-electron chi connectivity index (χ2n) is 4.74. The minimum atomic E-state index is 0.295. The van der Waals surface area contributed by atoms with Crippen molar-refractivity contribution in [3.8, 4) is 0 Å². The number of nitrogens with one attached hydrogen (secondary N) is 1. The molecule has 2 aromatic rings. The third kappa shape index (κ3) is 3.39. The first-order chi connectivity index (χ1) is 9.11. The maximum Gasteiger partial charge on any atom is 0.0949 e. The van der Waals surface area contributed by atoms with Crippen LogP contribution in [-0.2, 0) is 6.42 Å². The first kappa shape index (κ1) is 14.2. The second kappa shape index (κ2) is 6.26. The molecule has 0 saturated heterocycles. The lowest BCUT2D eigenvalue weighted by atomic mass is 10.0. The molecule has 1 unspecified atom stereocenters. The van der Waals surface area contributed by atoms with Gasteiger partial charge in [-0.2, -0.15) is 0 Å². The highest BCUT2D eigenvalue weighted by Gasteiger charge is 2.16. The van der Waals surface area contributed by atoms with Crippen LogP contribution in [0.4, 0.5) is 0 Å². The summed E-state index contributed by atoms with van der Waals surface area (Å²) in [5.41, 5.74) is 3.52. The standard InChI is InChI=1S/C15H21N3S/c1-5-16-14(13-7-6-8-17-11(13)3)9-15-18-10(2)12(4)19-15/h6-8,14,16H,5,9H2,1-4H3. The van der Waals surface area contributed by atoms with E-state index in [-0.39, 0.29) is 0 Å². The van der Waals surface area contributed by atoms with E-state index in [9.17, 15) is 0 Å². The molecule has 4 heteroatoms. The summed E-state index contributed by atoms with van der Waals surface area (Å²) in [4.78, 5) is 10.3. The molecule has 2 heterocycles. The molecule has 0 aromatic carbocycles. The van der Waals surface area contributed by atoms with Crippen molar-refractivity contribution in [1.29, 1.82) is 0 Å². The summed E-state index contributed by atoms with van der Waals surface area (Å²) in [5, 5.41) is 4.74. The molecule has 2 aromatic heterocycles. The Morgan fingerprint density at radius 3 is 2.63 bits per heavy atom. The van der Waals surface area contributed by atoms with E-state index in [1.807, 2.05) is 12.3 Å². The fourth-order valence-electron chi connectivity index (χ4n) is 2.20. The highest BCUT2D eigenvalue weighted by molar-refractivity contribution is 7.11. The van der Waals surface area contributed by atoms with Gasteiger partial charge in [-0.1, -0.05) is 13.0 Å². The zero-order valence-electron chi connectivity index (χ0n) is 12.0. The molecule has 1 N–H and O–H groups in total. The van der Waals surface area contributed by atoms with E-state index in [1.54, 1.807) is 11.3 Å². The van der Waals surface area contributed by atoms with Gasteiger partial charge in [0.25, 0.3) is 0 Å². The minimum absolute atomic E-state index is 0.295. The largest absolute Gasteiger partial charge is 0.310 e. The lowest BCUT2D eigenvalue weighted by Gasteiger charge is -2.18. The predicted octanol–water partition coefficient (Wildman–Crippen LogP) is 3.36. The van der Waals surface area contributed by atoms with E-state index in [0.717, 1.165) is 24.4 Å². The van der Waals surface area contributed by atoms with E-state index in [0.29, 0.717) is 6.04 Å². The van der Waals surface area contributed by atoms with Gasteiger partial charge in [-0.05, 0) is 38.9 Å². The molecule has 0 aliphatic heterocycles. The lowest BCUT2D eigenvalue weighted by Crippen LogP contribution is -2.24. The van der Waals surface area contributed by atoms with Crippen molar-refractivity contribution in [3.63, 3.8) is 0 Å².